The maximum atomic E-state index is 13.7. The van der Waals surface area contributed by atoms with Gasteiger partial charge in [-0.15, -0.1) is 0 Å². The monoisotopic (exact) mass is 519 g/mol. The van der Waals surface area contributed by atoms with E-state index in [-0.39, 0.29) is 5.82 Å². The highest BCUT2D eigenvalue weighted by atomic mass is 19.1. The van der Waals surface area contributed by atoms with E-state index in [0.29, 0.717) is 5.92 Å². The largest absolute Gasteiger partial charge is 0.468 e. The molecule has 3 aromatic carbocycles. The van der Waals surface area contributed by atoms with Gasteiger partial charge in [0.05, 0.1) is 11.8 Å². The Balaban J connectivity index is 1.15. The van der Waals surface area contributed by atoms with Crippen molar-refractivity contribution in [2.75, 3.05) is 19.6 Å². The minimum Gasteiger partial charge on any atom is -0.468 e. The molecule has 1 aliphatic heterocycles. The Bertz CT molecular complexity index is 1750. The fraction of sp³-hybridized carbons (Fsp3) is 0.250. The highest BCUT2D eigenvalue weighted by Crippen LogP contribution is 2.37. The van der Waals surface area contributed by atoms with Crippen LogP contribution >= 0.6 is 0 Å². The highest BCUT2D eigenvalue weighted by Gasteiger charge is 2.25. The maximum absolute atomic E-state index is 13.7. The number of hydrogen-bond acceptors (Lipinski definition) is 4. The van der Waals surface area contributed by atoms with Gasteiger partial charge < -0.3 is 13.9 Å². The molecule has 196 valence electrons. The van der Waals surface area contributed by atoms with Crippen LogP contribution in [0.15, 0.2) is 89.9 Å². The number of benzene rings is 3. The van der Waals surface area contributed by atoms with Gasteiger partial charge >= 0.3 is 0 Å². The van der Waals surface area contributed by atoms with Crippen molar-refractivity contribution in [2.45, 2.75) is 25.2 Å². The molecule has 0 aliphatic carbocycles. The average molecular weight is 520 g/mol. The van der Waals surface area contributed by atoms with Gasteiger partial charge in [0.1, 0.15) is 17.9 Å². The first-order chi connectivity index (χ1) is 19.1. The summed E-state index contributed by atoms with van der Waals surface area (Å²) in [6.45, 7) is 3.10. The molecule has 0 atom stereocenters. The molecule has 7 rings (SSSR count). The fourth-order valence-electron chi connectivity index (χ4n) is 6.07. The summed E-state index contributed by atoms with van der Waals surface area (Å²) in [7, 11) is 1.92. The fourth-order valence-corrected chi connectivity index (χ4v) is 6.07. The van der Waals surface area contributed by atoms with Crippen LogP contribution in [-0.4, -0.2) is 43.9 Å². The number of fused-ring (bicyclic) bond motifs is 2. The summed E-state index contributed by atoms with van der Waals surface area (Å²) in [5.74, 6) is 2.14. The van der Waals surface area contributed by atoms with Crippen LogP contribution in [0.25, 0.3) is 38.8 Å². The van der Waals surface area contributed by atoms with Gasteiger partial charge in [-0.05, 0) is 79.9 Å². The Hall–Kier alpha value is -4.23. The summed E-state index contributed by atoms with van der Waals surface area (Å²) in [6.07, 6.45) is 8.82. The first kappa shape index (κ1) is 23.9. The van der Waals surface area contributed by atoms with E-state index in [2.05, 4.69) is 68.2 Å². The zero-order chi connectivity index (χ0) is 26.3. The van der Waals surface area contributed by atoms with Crippen molar-refractivity contribution in [3.05, 3.63) is 103 Å². The number of halogens is 1. The van der Waals surface area contributed by atoms with E-state index >= 15 is 0 Å². The lowest BCUT2D eigenvalue weighted by atomic mass is 9.88. The first-order valence-electron chi connectivity index (χ1n) is 13.6. The van der Waals surface area contributed by atoms with Crippen LogP contribution < -0.4 is 0 Å². The molecule has 0 unspecified atom stereocenters. The van der Waals surface area contributed by atoms with E-state index in [1.54, 1.807) is 11.0 Å². The Morgan fingerprint density at radius 2 is 1.79 bits per heavy atom. The van der Waals surface area contributed by atoms with Gasteiger partial charge in [0, 0.05) is 53.6 Å². The van der Waals surface area contributed by atoms with Crippen LogP contribution in [0.1, 0.15) is 30.1 Å². The minimum atomic E-state index is -0.227. The summed E-state index contributed by atoms with van der Waals surface area (Å²) >= 11 is 0. The zero-order valence-electron chi connectivity index (χ0n) is 21.9. The molecule has 0 bridgehead atoms. The van der Waals surface area contributed by atoms with Gasteiger partial charge in [-0.1, -0.05) is 24.3 Å². The number of piperidine rings is 1. The van der Waals surface area contributed by atoms with Crippen molar-refractivity contribution in [2.24, 2.45) is 7.05 Å². The van der Waals surface area contributed by atoms with Crippen LogP contribution in [0.5, 0.6) is 0 Å². The van der Waals surface area contributed by atoms with Gasteiger partial charge in [0.2, 0.25) is 0 Å². The predicted molar refractivity (Wildman–Crippen MR) is 152 cm³/mol. The molecule has 0 amide bonds. The van der Waals surface area contributed by atoms with Gasteiger partial charge in [-0.3, -0.25) is 0 Å². The number of aromatic nitrogens is 4. The molecule has 0 spiro atoms. The molecule has 0 saturated carbocycles. The molecule has 3 aromatic heterocycles. The second kappa shape index (κ2) is 9.82. The van der Waals surface area contributed by atoms with Crippen molar-refractivity contribution >= 4 is 21.7 Å². The van der Waals surface area contributed by atoms with Gasteiger partial charge in [-0.2, -0.15) is 5.10 Å². The number of nitrogens with zero attached hydrogens (tertiary/aromatic N) is 5. The van der Waals surface area contributed by atoms with E-state index in [1.807, 2.05) is 25.4 Å². The molecule has 6 nitrogen and oxygen atoms in total. The quantitative estimate of drug-likeness (QED) is 0.245. The van der Waals surface area contributed by atoms with Crippen molar-refractivity contribution in [1.82, 2.24) is 24.2 Å². The highest BCUT2D eigenvalue weighted by molar-refractivity contribution is 5.90. The number of likely N-dealkylation sites (tertiary alicyclic amines) is 1. The molecule has 0 radical (unpaired) electrons. The van der Waals surface area contributed by atoms with Crippen LogP contribution in [0.2, 0.25) is 0 Å². The summed E-state index contributed by atoms with van der Waals surface area (Å²) in [6, 6.07) is 21.6. The third kappa shape index (κ3) is 4.42. The van der Waals surface area contributed by atoms with E-state index in [0.717, 1.165) is 67.2 Å². The number of aryl methyl sites for hydroxylation is 1. The lowest BCUT2D eigenvalue weighted by Gasteiger charge is -2.31. The molecule has 1 saturated heterocycles. The Labute approximate surface area is 226 Å². The molecule has 6 aromatic rings. The summed E-state index contributed by atoms with van der Waals surface area (Å²) in [5, 5.41) is 7.88. The molecule has 39 heavy (non-hydrogen) atoms. The first-order valence-corrected chi connectivity index (χ1v) is 13.6. The maximum Gasteiger partial charge on any atom is 0.157 e. The lowest BCUT2D eigenvalue weighted by molar-refractivity contribution is 0.211. The average Bonchev–Trinajstić information content (AvgIpc) is 3.69. The lowest BCUT2D eigenvalue weighted by Crippen LogP contribution is -2.34. The number of hydrogen-bond donors (Lipinski definition) is 0. The second-order valence-electron chi connectivity index (χ2n) is 10.5. The van der Waals surface area contributed by atoms with Crippen LogP contribution in [0, 0.1) is 5.82 Å². The molecule has 0 N–H and O–H groups in total. The number of furan rings is 1. The third-order valence-electron chi connectivity index (χ3n) is 8.18. The second-order valence-corrected chi connectivity index (χ2v) is 10.5. The summed E-state index contributed by atoms with van der Waals surface area (Å²) < 4.78 is 23.6. The zero-order valence-corrected chi connectivity index (χ0v) is 21.9. The Morgan fingerprint density at radius 1 is 0.974 bits per heavy atom. The van der Waals surface area contributed by atoms with Crippen molar-refractivity contribution in [3.8, 4) is 17.1 Å². The normalized spacial score (nSPS) is 15.0. The van der Waals surface area contributed by atoms with E-state index in [1.165, 1.54) is 33.9 Å². The van der Waals surface area contributed by atoms with E-state index < -0.39 is 0 Å². The smallest absolute Gasteiger partial charge is 0.157 e. The van der Waals surface area contributed by atoms with Crippen LogP contribution in [-0.2, 0) is 13.5 Å². The van der Waals surface area contributed by atoms with Crippen molar-refractivity contribution < 1.29 is 8.81 Å². The third-order valence-corrected chi connectivity index (χ3v) is 8.18. The molecule has 1 fully saturated rings. The van der Waals surface area contributed by atoms with E-state index in [9.17, 15) is 4.39 Å². The van der Waals surface area contributed by atoms with Crippen molar-refractivity contribution in [3.63, 3.8) is 0 Å². The van der Waals surface area contributed by atoms with E-state index in [4.69, 9.17) is 4.42 Å². The van der Waals surface area contributed by atoms with Gasteiger partial charge in [-0.25, -0.2) is 14.1 Å². The molecule has 1 aliphatic rings. The van der Waals surface area contributed by atoms with Gasteiger partial charge in [0.25, 0.3) is 0 Å². The van der Waals surface area contributed by atoms with Crippen molar-refractivity contribution in [1.29, 1.82) is 0 Å². The SMILES string of the molecule is Cn1ncnc1-c1ccc2c(c1)c(C1CCN(CCc3occ4ccccc34)CC1)cn2-c1ccc(F)cc1. The summed E-state index contributed by atoms with van der Waals surface area (Å²) in [4.78, 5) is 7.02. The Morgan fingerprint density at radius 3 is 2.59 bits per heavy atom. The number of rotatable bonds is 6. The minimum absolute atomic E-state index is 0.227. The van der Waals surface area contributed by atoms with Crippen LogP contribution in [0.4, 0.5) is 4.39 Å². The molecule has 7 heteroatoms. The predicted octanol–water partition coefficient (Wildman–Crippen LogP) is 6.73. The molecular formula is C32H30FN5O. The van der Waals surface area contributed by atoms with Crippen LogP contribution in [0.3, 0.4) is 0 Å². The Kier molecular flexibility index (Phi) is 6.01. The topological polar surface area (TPSA) is 52.0 Å². The standard InChI is InChI=1S/C32H30FN5O/c1-36-32(34-21-35-36)23-6-11-30-28(18-23)29(19-38(30)26-9-7-25(33)8-10-26)22-12-15-37(16-13-22)17-14-31-27-5-3-2-4-24(27)20-39-31/h2-11,18-22H,12-17H2,1H3. The molecular weight excluding hydrogens is 489 g/mol. The van der Waals surface area contributed by atoms with Gasteiger partial charge in [0.15, 0.2) is 5.82 Å². The molecule has 4 heterocycles. The summed E-state index contributed by atoms with van der Waals surface area (Å²) in [5.41, 5.74) is 4.47.